The Kier molecular flexibility index (Phi) is 3.19. The second-order valence-corrected chi connectivity index (χ2v) is 4.48. The minimum Gasteiger partial charge on any atom is -0.442 e. The third kappa shape index (κ3) is 2.02. The number of hydrogen-bond donors (Lipinski definition) is 0. The van der Waals surface area contributed by atoms with Gasteiger partial charge in [0.15, 0.2) is 5.60 Å². The average Bonchev–Trinajstić information content (AvgIpc) is 2.73. The Morgan fingerprint density at radius 3 is 2.44 bits per heavy atom. The van der Waals surface area contributed by atoms with Crippen LogP contribution in [0.4, 0.5) is 0 Å². The van der Waals surface area contributed by atoms with Crippen LogP contribution in [0, 0.1) is 0 Å². The quantitative estimate of drug-likeness (QED) is 0.597. The molecule has 0 N–H and O–H groups in total. The zero-order valence-corrected chi connectivity index (χ0v) is 10.6. The standard InChI is InChI=1S/C16H16O2/c1-12(2)15(17)18-16(11-7-8-13(16)3)14-9-5-4-6-10-14/h4-11H,1H2,2-3H3. The molecule has 0 heterocycles. The van der Waals surface area contributed by atoms with Gasteiger partial charge >= 0.3 is 5.97 Å². The molecule has 1 unspecified atom stereocenters. The number of benzene rings is 1. The smallest absolute Gasteiger partial charge is 0.334 e. The first-order valence-electron chi connectivity index (χ1n) is 5.87. The molecule has 0 radical (unpaired) electrons. The Morgan fingerprint density at radius 2 is 1.94 bits per heavy atom. The molecular formula is C16H16O2. The fraction of sp³-hybridized carbons (Fsp3) is 0.188. The normalized spacial score (nSPS) is 21.6. The number of carbonyl (C=O) groups excluding carboxylic acids is 1. The van der Waals surface area contributed by atoms with E-state index in [1.807, 2.05) is 55.5 Å². The summed E-state index contributed by atoms with van der Waals surface area (Å²) >= 11 is 0. The topological polar surface area (TPSA) is 26.3 Å². The van der Waals surface area contributed by atoms with Gasteiger partial charge in [0.25, 0.3) is 0 Å². The monoisotopic (exact) mass is 240 g/mol. The van der Waals surface area contributed by atoms with E-state index in [1.54, 1.807) is 6.92 Å². The minimum absolute atomic E-state index is 0.377. The number of ether oxygens (including phenoxy) is 1. The summed E-state index contributed by atoms with van der Waals surface area (Å²) in [6, 6.07) is 9.73. The Morgan fingerprint density at radius 1 is 1.28 bits per heavy atom. The van der Waals surface area contributed by atoms with Crippen LogP contribution in [0.1, 0.15) is 19.4 Å². The van der Waals surface area contributed by atoms with Gasteiger partial charge in [-0.3, -0.25) is 0 Å². The molecule has 1 aliphatic rings. The first kappa shape index (κ1) is 12.4. The fourth-order valence-electron chi connectivity index (χ4n) is 2.00. The molecule has 0 aliphatic heterocycles. The highest BCUT2D eigenvalue weighted by Gasteiger charge is 2.37. The van der Waals surface area contributed by atoms with Crippen molar-refractivity contribution in [2.24, 2.45) is 0 Å². The number of allylic oxidation sites excluding steroid dienone is 2. The maximum Gasteiger partial charge on any atom is 0.334 e. The molecule has 0 bridgehead atoms. The van der Waals surface area contributed by atoms with E-state index in [1.165, 1.54) is 0 Å². The van der Waals surface area contributed by atoms with Crippen molar-refractivity contribution in [3.05, 3.63) is 71.8 Å². The SMILES string of the molecule is C=C(C)C(=O)OC1(c2ccccc2)C=CC=C1C. The van der Waals surface area contributed by atoms with E-state index in [0.29, 0.717) is 5.57 Å². The molecule has 2 heteroatoms. The fourth-order valence-corrected chi connectivity index (χ4v) is 2.00. The molecule has 0 saturated heterocycles. The van der Waals surface area contributed by atoms with Crippen molar-refractivity contribution in [3.8, 4) is 0 Å². The van der Waals surface area contributed by atoms with Gasteiger partial charge in [-0.25, -0.2) is 4.79 Å². The molecule has 1 aromatic rings. The maximum absolute atomic E-state index is 11.8. The summed E-state index contributed by atoms with van der Waals surface area (Å²) in [5.74, 6) is -0.377. The van der Waals surface area contributed by atoms with Gasteiger partial charge in [-0.05, 0) is 25.5 Å². The zero-order valence-electron chi connectivity index (χ0n) is 10.6. The van der Waals surface area contributed by atoms with Crippen LogP contribution in [0.2, 0.25) is 0 Å². The Bertz CT molecular complexity index is 537. The van der Waals surface area contributed by atoms with Gasteiger partial charge in [0.2, 0.25) is 0 Å². The van der Waals surface area contributed by atoms with Crippen molar-refractivity contribution in [2.45, 2.75) is 19.4 Å². The number of carbonyl (C=O) groups is 1. The van der Waals surface area contributed by atoms with E-state index >= 15 is 0 Å². The van der Waals surface area contributed by atoms with E-state index in [9.17, 15) is 4.79 Å². The summed E-state index contributed by atoms with van der Waals surface area (Å²) in [4.78, 5) is 11.8. The van der Waals surface area contributed by atoms with Gasteiger partial charge in [-0.2, -0.15) is 0 Å². The van der Waals surface area contributed by atoms with Gasteiger partial charge < -0.3 is 4.74 Å². The van der Waals surface area contributed by atoms with Gasteiger partial charge in [0.1, 0.15) is 0 Å². The zero-order chi connectivity index (χ0) is 13.2. The second-order valence-electron chi connectivity index (χ2n) is 4.48. The van der Waals surface area contributed by atoms with E-state index in [2.05, 4.69) is 6.58 Å². The van der Waals surface area contributed by atoms with Gasteiger partial charge in [0, 0.05) is 11.1 Å². The summed E-state index contributed by atoms with van der Waals surface area (Å²) in [6.45, 7) is 7.24. The molecule has 0 amide bonds. The summed E-state index contributed by atoms with van der Waals surface area (Å²) in [7, 11) is 0. The molecule has 2 nitrogen and oxygen atoms in total. The van der Waals surface area contributed by atoms with Crippen molar-refractivity contribution in [1.29, 1.82) is 0 Å². The molecule has 1 atom stereocenters. The Hall–Kier alpha value is -2.09. The lowest BCUT2D eigenvalue weighted by atomic mass is 9.89. The number of esters is 1. The van der Waals surface area contributed by atoms with Crippen LogP contribution in [-0.4, -0.2) is 5.97 Å². The highest BCUT2D eigenvalue weighted by atomic mass is 16.6. The van der Waals surface area contributed by atoms with Crippen LogP contribution in [0.15, 0.2) is 66.3 Å². The Balaban J connectivity index is 2.44. The highest BCUT2D eigenvalue weighted by molar-refractivity contribution is 5.88. The molecule has 18 heavy (non-hydrogen) atoms. The van der Waals surface area contributed by atoms with Gasteiger partial charge in [0.05, 0.1) is 0 Å². The first-order chi connectivity index (χ1) is 8.56. The van der Waals surface area contributed by atoms with Crippen LogP contribution in [0.3, 0.4) is 0 Å². The van der Waals surface area contributed by atoms with Crippen LogP contribution in [0.25, 0.3) is 0 Å². The minimum atomic E-state index is -0.780. The van der Waals surface area contributed by atoms with Crippen LogP contribution < -0.4 is 0 Å². The summed E-state index contributed by atoms with van der Waals surface area (Å²) in [5.41, 5.74) is 1.56. The predicted molar refractivity (Wildman–Crippen MR) is 71.9 cm³/mol. The molecule has 0 saturated carbocycles. The van der Waals surface area contributed by atoms with Crippen LogP contribution in [-0.2, 0) is 15.1 Å². The van der Waals surface area contributed by atoms with E-state index in [0.717, 1.165) is 11.1 Å². The third-order valence-corrected chi connectivity index (χ3v) is 3.07. The van der Waals surface area contributed by atoms with Crippen LogP contribution >= 0.6 is 0 Å². The number of hydrogen-bond acceptors (Lipinski definition) is 2. The maximum atomic E-state index is 11.8. The first-order valence-corrected chi connectivity index (χ1v) is 5.87. The molecule has 92 valence electrons. The molecule has 2 rings (SSSR count). The molecule has 1 aliphatic carbocycles. The average molecular weight is 240 g/mol. The van der Waals surface area contributed by atoms with Crippen molar-refractivity contribution in [3.63, 3.8) is 0 Å². The lowest BCUT2D eigenvalue weighted by molar-refractivity contribution is -0.148. The van der Waals surface area contributed by atoms with E-state index in [4.69, 9.17) is 4.74 Å². The summed E-state index contributed by atoms with van der Waals surface area (Å²) in [6.07, 6.45) is 5.77. The lowest BCUT2D eigenvalue weighted by Crippen LogP contribution is -2.30. The number of rotatable bonds is 3. The summed E-state index contributed by atoms with van der Waals surface area (Å²) < 4.78 is 5.67. The summed E-state index contributed by atoms with van der Waals surface area (Å²) in [5, 5.41) is 0. The Labute approximate surface area is 107 Å². The van der Waals surface area contributed by atoms with E-state index < -0.39 is 5.60 Å². The van der Waals surface area contributed by atoms with E-state index in [-0.39, 0.29) is 5.97 Å². The third-order valence-electron chi connectivity index (χ3n) is 3.07. The van der Waals surface area contributed by atoms with Crippen molar-refractivity contribution in [2.75, 3.05) is 0 Å². The molecule has 0 aromatic heterocycles. The molecule has 0 fully saturated rings. The predicted octanol–water partition coefficient (Wildman–Crippen LogP) is 3.52. The molecule has 0 spiro atoms. The largest absolute Gasteiger partial charge is 0.442 e. The van der Waals surface area contributed by atoms with Crippen molar-refractivity contribution >= 4 is 5.97 Å². The van der Waals surface area contributed by atoms with Crippen molar-refractivity contribution < 1.29 is 9.53 Å². The second kappa shape index (κ2) is 4.65. The lowest BCUT2D eigenvalue weighted by Gasteiger charge is -2.30. The van der Waals surface area contributed by atoms with Gasteiger partial charge in [-0.15, -0.1) is 0 Å². The van der Waals surface area contributed by atoms with Crippen LogP contribution in [0.5, 0.6) is 0 Å². The van der Waals surface area contributed by atoms with Crippen molar-refractivity contribution in [1.82, 2.24) is 0 Å². The van der Waals surface area contributed by atoms with Gasteiger partial charge in [-0.1, -0.05) is 49.1 Å². The highest BCUT2D eigenvalue weighted by Crippen LogP contribution is 2.39. The molecule has 1 aromatic carbocycles. The molecular weight excluding hydrogens is 224 g/mol.